The summed E-state index contributed by atoms with van der Waals surface area (Å²) in [7, 11) is 0. The van der Waals surface area contributed by atoms with E-state index in [0.29, 0.717) is 23.9 Å². The summed E-state index contributed by atoms with van der Waals surface area (Å²) in [5.74, 6) is 0. The number of hydrogen-bond donors (Lipinski definition) is 2. The molecule has 0 amide bonds. The Labute approximate surface area is 97.5 Å². The van der Waals surface area contributed by atoms with Gasteiger partial charge in [0.2, 0.25) is 0 Å². The predicted octanol–water partition coefficient (Wildman–Crippen LogP) is 1.12. The van der Waals surface area contributed by atoms with Crippen molar-refractivity contribution in [3.63, 3.8) is 0 Å². The molecule has 1 fully saturated rings. The van der Waals surface area contributed by atoms with E-state index in [1.165, 1.54) is 12.1 Å². The van der Waals surface area contributed by atoms with Crippen LogP contribution in [0.15, 0.2) is 24.3 Å². The summed E-state index contributed by atoms with van der Waals surface area (Å²) in [6.07, 6.45) is -0.240. The maximum Gasteiger partial charge on any atom is 0.271 e. The van der Waals surface area contributed by atoms with Crippen molar-refractivity contribution in [3.05, 3.63) is 34.4 Å². The minimum atomic E-state index is -0.457. The van der Waals surface area contributed by atoms with Gasteiger partial charge in [0, 0.05) is 30.9 Å². The third-order valence-corrected chi connectivity index (χ3v) is 2.52. The summed E-state index contributed by atoms with van der Waals surface area (Å²) >= 11 is 0. The summed E-state index contributed by atoms with van der Waals surface area (Å²) in [5, 5.41) is 17.4. The number of piperazine rings is 1. The molecule has 0 radical (unpaired) electrons. The second-order valence-electron chi connectivity index (χ2n) is 3.83. The molecule has 1 aliphatic heterocycles. The lowest BCUT2D eigenvalue weighted by Crippen LogP contribution is -2.51. The summed E-state index contributed by atoms with van der Waals surface area (Å²) in [6.45, 7) is 1.11. The molecule has 7 heteroatoms. The number of hydrogen-bond acceptors (Lipinski definition) is 5. The Morgan fingerprint density at radius 3 is 3.12 bits per heavy atom. The first-order chi connectivity index (χ1) is 8.15. The largest absolute Gasteiger partial charge is 0.368 e. The minimum Gasteiger partial charge on any atom is -0.368 e. The van der Waals surface area contributed by atoms with Crippen LogP contribution in [0, 0.1) is 10.1 Å². The molecule has 0 saturated carbocycles. The van der Waals surface area contributed by atoms with Crippen LogP contribution in [0.4, 0.5) is 15.9 Å². The Kier molecular flexibility index (Phi) is 3.50. The Bertz CT molecular complexity index is 415. The first-order valence-corrected chi connectivity index (χ1v) is 5.30. The summed E-state index contributed by atoms with van der Waals surface area (Å²) in [4.78, 5) is 10.1. The van der Waals surface area contributed by atoms with Crippen LogP contribution in [-0.2, 0) is 0 Å². The average Bonchev–Trinajstić information content (AvgIpc) is 2.29. The van der Waals surface area contributed by atoms with Crippen molar-refractivity contribution in [2.45, 2.75) is 6.17 Å². The fourth-order valence-electron chi connectivity index (χ4n) is 1.72. The molecule has 1 unspecified atom stereocenters. The Morgan fingerprint density at radius 2 is 2.41 bits per heavy atom. The van der Waals surface area contributed by atoms with Gasteiger partial charge in [-0.1, -0.05) is 6.07 Å². The van der Waals surface area contributed by atoms with Gasteiger partial charge in [0.15, 0.2) is 0 Å². The Balaban J connectivity index is 2.02. The number of benzene rings is 1. The van der Waals surface area contributed by atoms with E-state index in [0.717, 1.165) is 0 Å². The van der Waals surface area contributed by atoms with E-state index >= 15 is 0 Å². The predicted molar refractivity (Wildman–Crippen MR) is 61.2 cm³/mol. The molecule has 17 heavy (non-hydrogen) atoms. The molecule has 1 aromatic rings. The standard InChI is InChI=1S/C10H13FN4O2/c11-14-5-4-12-10(7-14)13-8-2-1-3-9(6-8)15(16)17/h1-3,6,10,12-13H,4-5,7H2. The SMILES string of the molecule is O=[N+]([O-])c1cccc(NC2CN(F)CCN2)c1. The number of nitro groups is 1. The quantitative estimate of drug-likeness (QED) is 0.470. The van der Waals surface area contributed by atoms with Crippen molar-refractivity contribution >= 4 is 11.4 Å². The lowest BCUT2D eigenvalue weighted by atomic mass is 10.2. The monoisotopic (exact) mass is 240 g/mol. The number of nitrogens with one attached hydrogen (secondary N) is 2. The van der Waals surface area contributed by atoms with Crippen LogP contribution in [0.25, 0.3) is 0 Å². The highest BCUT2D eigenvalue weighted by molar-refractivity contribution is 5.51. The third-order valence-electron chi connectivity index (χ3n) is 2.52. The Morgan fingerprint density at radius 1 is 1.59 bits per heavy atom. The second kappa shape index (κ2) is 5.07. The first-order valence-electron chi connectivity index (χ1n) is 5.30. The van der Waals surface area contributed by atoms with E-state index in [2.05, 4.69) is 10.6 Å². The summed E-state index contributed by atoms with van der Waals surface area (Å²) in [5.41, 5.74) is 0.620. The van der Waals surface area contributed by atoms with Gasteiger partial charge < -0.3 is 5.32 Å². The number of rotatable bonds is 3. The third kappa shape index (κ3) is 3.11. The van der Waals surface area contributed by atoms with Crippen LogP contribution in [0.3, 0.4) is 0 Å². The van der Waals surface area contributed by atoms with Crippen LogP contribution in [-0.4, -0.2) is 35.8 Å². The van der Waals surface area contributed by atoms with Crippen molar-refractivity contribution in [2.24, 2.45) is 0 Å². The van der Waals surface area contributed by atoms with Gasteiger partial charge in [-0.25, -0.2) is 0 Å². The molecule has 92 valence electrons. The van der Waals surface area contributed by atoms with Crippen molar-refractivity contribution in [1.82, 2.24) is 10.4 Å². The fourth-order valence-corrected chi connectivity index (χ4v) is 1.72. The molecule has 1 aromatic carbocycles. The van der Waals surface area contributed by atoms with Crippen molar-refractivity contribution in [1.29, 1.82) is 0 Å². The zero-order chi connectivity index (χ0) is 12.3. The van der Waals surface area contributed by atoms with Crippen molar-refractivity contribution in [2.75, 3.05) is 25.0 Å². The molecule has 2 rings (SSSR count). The van der Waals surface area contributed by atoms with Crippen LogP contribution in [0.1, 0.15) is 0 Å². The molecule has 2 N–H and O–H groups in total. The fraction of sp³-hybridized carbons (Fsp3) is 0.400. The number of halogens is 1. The molecular weight excluding hydrogens is 227 g/mol. The molecule has 1 aliphatic rings. The van der Waals surface area contributed by atoms with Gasteiger partial charge >= 0.3 is 0 Å². The number of nitro benzene ring substituents is 1. The first kappa shape index (κ1) is 11.7. The lowest BCUT2D eigenvalue weighted by molar-refractivity contribution is -0.384. The number of anilines is 1. The van der Waals surface area contributed by atoms with E-state index in [4.69, 9.17) is 0 Å². The van der Waals surface area contributed by atoms with Gasteiger partial charge in [0.05, 0.1) is 17.6 Å². The van der Waals surface area contributed by atoms with Gasteiger partial charge in [-0.3, -0.25) is 15.4 Å². The molecule has 0 spiro atoms. The molecule has 1 atom stereocenters. The lowest BCUT2D eigenvalue weighted by Gasteiger charge is -2.28. The highest BCUT2D eigenvalue weighted by Gasteiger charge is 2.18. The number of nitrogens with zero attached hydrogens (tertiary/aromatic N) is 2. The molecule has 1 saturated heterocycles. The van der Waals surface area contributed by atoms with Crippen molar-refractivity contribution in [3.8, 4) is 0 Å². The summed E-state index contributed by atoms with van der Waals surface area (Å²) < 4.78 is 13.0. The molecule has 1 heterocycles. The maximum atomic E-state index is 13.0. The van der Waals surface area contributed by atoms with Crippen molar-refractivity contribution < 1.29 is 9.40 Å². The van der Waals surface area contributed by atoms with Gasteiger partial charge in [-0.15, -0.1) is 9.60 Å². The molecule has 6 nitrogen and oxygen atoms in total. The molecule has 0 bridgehead atoms. The van der Waals surface area contributed by atoms with Gasteiger partial charge in [0.25, 0.3) is 5.69 Å². The van der Waals surface area contributed by atoms with E-state index in [1.54, 1.807) is 12.1 Å². The highest BCUT2D eigenvalue weighted by Crippen LogP contribution is 2.17. The second-order valence-corrected chi connectivity index (χ2v) is 3.83. The van der Waals surface area contributed by atoms with Crippen LogP contribution >= 0.6 is 0 Å². The van der Waals surface area contributed by atoms with E-state index in [1.807, 2.05) is 0 Å². The zero-order valence-electron chi connectivity index (χ0n) is 9.10. The molecule has 0 aromatic heterocycles. The normalized spacial score (nSPS) is 21.1. The topological polar surface area (TPSA) is 70.4 Å². The maximum absolute atomic E-state index is 13.0. The minimum absolute atomic E-state index is 0.0166. The van der Waals surface area contributed by atoms with Crippen LogP contribution in [0.2, 0.25) is 0 Å². The molecule has 0 aliphatic carbocycles. The van der Waals surface area contributed by atoms with E-state index < -0.39 is 4.92 Å². The highest BCUT2D eigenvalue weighted by atomic mass is 19.2. The van der Waals surface area contributed by atoms with E-state index in [-0.39, 0.29) is 18.4 Å². The zero-order valence-corrected chi connectivity index (χ0v) is 9.10. The van der Waals surface area contributed by atoms with Crippen LogP contribution < -0.4 is 10.6 Å². The molecular formula is C10H13FN4O2. The van der Waals surface area contributed by atoms with E-state index in [9.17, 15) is 14.6 Å². The van der Waals surface area contributed by atoms with Gasteiger partial charge in [0.1, 0.15) is 0 Å². The smallest absolute Gasteiger partial charge is 0.271 e. The number of non-ortho nitro benzene ring substituents is 1. The van der Waals surface area contributed by atoms with Gasteiger partial charge in [-0.05, 0) is 6.07 Å². The summed E-state index contributed by atoms with van der Waals surface area (Å²) in [6, 6.07) is 6.15. The van der Waals surface area contributed by atoms with Crippen LogP contribution in [0.5, 0.6) is 0 Å². The Hall–Kier alpha value is -1.73. The average molecular weight is 240 g/mol. The van der Waals surface area contributed by atoms with Gasteiger partial charge in [-0.2, -0.15) is 0 Å².